The maximum atomic E-state index is 5.89. The van der Waals surface area contributed by atoms with E-state index in [1.165, 1.54) is 0 Å². The van der Waals surface area contributed by atoms with E-state index in [1.54, 1.807) is 27.8 Å². The minimum Gasteiger partial charge on any atom is -0.352 e. The minimum absolute atomic E-state index is 0.568. The van der Waals surface area contributed by atoms with Gasteiger partial charge in [-0.1, -0.05) is 11.6 Å². The molecule has 0 aliphatic rings. The third kappa shape index (κ3) is 2.65. The van der Waals surface area contributed by atoms with Gasteiger partial charge in [-0.05, 0) is 12.1 Å². The molecule has 8 heteroatoms. The highest BCUT2D eigenvalue weighted by atomic mass is 35.5. The van der Waals surface area contributed by atoms with Gasteiger partial charge in [0.1, 0.15) is 6.33 Å². The van der Waals surface area contributed by atoms with Gasteiger partial charge < -0.3 is 5.32 Å². The van der Waals surface area contributed by atoms with E-state index in [9.17, 15) is 0 Å². The molecule has 3 aromatic rings. The maximum absolute atomic E-state index is 5.89. The fraction of sp³-hybridized carbons (Fsp3) is 0.273. The molecule has 0 aromatic carbocycles. The van der Waals surface area contributed by atoms with E-state index in [2.05, 4.69) is 25.5 Å². The van der Waals surface area contributed by atoms with Crippen LogP contribution in [-0.4, -0.2) is 35.9 Å². The lowest BCUT2D eigenvalue weighted by Gasteiger charge is -1.97. The molecule has 7 nitrogen and oxygen atoms in total. The standard InChI is InChI=1S/C11H12ClN7/c1-18-7-14-9(16-18)4-5-13-11-15-10-3-2-8(12)6-19(10)17-11/h2-3,6-7H,4-5H2,1H3,(H,13,17). The molecular formula is C11H12ClN7. The molecule has 0 aliphatic heterocycles. The second kappa shape index (κ2) is 4.85. The van der Waals surface area contributed by atoms with Gasteiger partial charge >= 0.3 is 0 Å². The molecule has 0 atom stereocenters. The Kier molecular flexibility index (Phi) is 3.04. The molecule has 3 rings (SSSR count). The number of anilines is 1. The Morgan fingerprint density at radius 1 is 1.32 bits per heavy atom. The second-order valence-electron chi connectivity index (χ2n) is 4.10. The zero-order valence-electron chi connectivity index (χ0n) is 10.3. The smallest absolute Gasteiger partial charge is 0.243 e. The van der Waals surface area contributed by atoms with Crippen LogP contribution in [0.25, 0.3) is 5.65 Å². The average molecular weight is 278 g/mol. The van der Waals surface area contributed by atoms with Crippen molar-refractivity contribution in [1.29, 1.82) is 0 Å². The first kappa shape index (κ1) is 11.9. The van der Waals surface area contributed by atoms with Gasteiger partial charge in [0, 0.05) is 26.2 Å². The van der Waals surface area contributed by atoms with Crippen molar-refractivity contribution in [3.8, 4) is 0 Å². The van der Waals surface area contributed by atoms with Gasteiger partial charge in [0.15, 0.2) is 11.5 Å². The predicted octanol–water partition coefficient (Wildman–Crippen LogP) is 1.17. The number of nitrogens with one attached hydrogen (secondary N) is 1. The highest BCUT2D eigenvalue weighted by Gasteiger charge is 2.04. The zero-order valence-corrected chi connectivity index (χ0v) is 11.0. The summed E-state index contributed by atoms with van der Waals surface area (Å²) >= 11 is 5.89. The van der Waals surface area contributed by atoms with E-state index < -0.39 is 0 Å². The Labute approximate surface area is 114 Å². The van der Waals surface area contributed by atoms with Crippen LogP contribution in [0.1, 0.15) is 5.82 Å². The first-order valence-electron chi connectivity index (χ1n) is 5.81. The second-order valence-corrected chi connectivity index (χ2v) is 4.53. The summed E-state index contributed by atoms with van der Waals surface area (Å²) in [5.41, 5.74) is 0.753. The molecule has 0 unspecified atom stereocenters. The fourth-order valence-electron chi connectivity index (χ4n) is 1.72. The lowest BCUT2D eigenvalue weighted by molar-refractivity contribution is 0.741. The zero-order chi connectivity index (χ0) is 13.2. The van der Waals surface area contributed by atoms with Crippen molar-refractivity contribution >= 4 is 23.2 Å². The van der Waals surface area contributed by atoms with Crippen molar-refractivity contribution in [2.24, 2.45) is 7.05 Å². The number of nitrogens with zero attached hydrogens (tertiary/aromatic N) is 6. The Hall–Kier alpha value is -2.15. The van der Waals surface area contributed by atoms with Crippen LogP contribution in [0.5, 0.6) is 0 Å². The summed E-state index contributed by atoms with van der Waals surface area (Å²) in [4.78, 5) is 8.48. The van der Waals surface area contributed by atoms with Gasteiger partial charge in [-0.25, -0.2) is 9.50 Å². The SMILES string of the molecule is Cn1cnc(CCNc2nc3ccc(Cl)cn3n2)n1. The van der Waals surface area contributed by atoms with Crippen molar-refractivity contribution < 1.29 is 0 Å². The van der Waals surface area contributed by atoms with Gasteiger partial charge in [0.25, 0.3) is 0 Å². The summed E-state index contributed by atoms with van der Waals surface area (Å²) in [7, 11) is 1.84. The number of hydrogen-bond acceptors (Lipinski definition) is 5. The quantitative estimate of drug-likeness (QED) is 0.775. The van der Waals surface area contributed by atoms with E-state index >= 15 is 0 Å². The number of aryl methyl sites for hydroxylation is 1. The summed E-state index contributed by atoms with van der Waals surface area (Å²) < 4.78 is 3.32. The molecule has 0 aliphatic carbocycles. The molecule has 3 heterocycles. The monoisotopic (exact) mass is 277 g/mol. The fourth-order valence-corrected chi connectivity index (χ4v) is 1.87. The summed E-state index contributed by atoms with van der Waals surface area (Å²) in [6.45, 7) is 0.675. The van der Waals surface area contributed by atoms with E-state index in [4.69, 9.17) is 11.6 Å². The molecular weight excluding hydrogens is 266 g/mol. The molecule has 19 heavy (non-hydrogen) atoms. The predicted molar refractivity (Wildman–Crippen MR) is 71.2 cm³/mol. The van der Waals surface area contributed by atoms with Gasteiger partial charge in [-0.3, -0.25) is 4.68 Å². The van der Waals surface area contributed by atoms with Gasteiger partial charge in [0.05, 0.1) is 5.02 Å². The third-order valence-corrected chi connectivity index (χ3v) is 2.80. The highest BCUT2D eigenvalue weighted by molar-refractivity contribution is 6.30. The Bertz CT molecular complexity index is 702. The maximum Gasteiger partial charge on any atom is 0.243 e. The van der Waals surface area contributed by atoms with Crippen LogP contribution in [0.2, 0.25) is 5.02 Å². The molecule has 0 spiro atoms. The lowest BCUT2D eigenvalue weighted by Crippen LogP contribution is -2.07. The van der Waals surface area contributed by atoms with Gasteiger partial charge in [0.2, 0.25) is 5.95 Å². The van der Waals surface area contributed by atoms with Gasteiger partial charge in [-0.15, -0.1) is 5.10 Å². The summed E-state index contributed by atoms with van der Waals surface area (Å²) in [6.07, 6.45) is 4.12. The van der Waals surface area contributed by atoms with E-state index in [-0.39, 0.29) is 0 Å². The van der Waals surface area contributed by atoms with Crippen molar-refractivity contribution in [2.75, 3.05) is 11.9 Å². The Morgan fingerprint density at radius 3 is 3.00 bits per heavy atom. The van der Waals surface area contributed by atoms with Crippen LogP contribution in [0.4, 0.5) is 5.95 Å². The topological polar surface area (TPSA) is 72.9 Å². The number of halogens is 1. The normalized spacial score (nSPS) is 11.1. The first-order valence-corrected chi connectivity index (χ1v) is 6.19. The third-order valence-electron chi connectivity index (χ3n) is 2.57. The molecule has 0 bridgehead atoms. The lowest BCUT2D eigenvalue weighted by atomic mass is 10.4. The largest absolute Gasteiger partial charge is 0.352 e. The summed E-state index contributed by atoms with van der Waals surface area (Å²) in [5, 5.41) is 12.2. The molecule has 1 N–H and O–H groups in total. The van der Waals surface area contributed by atoms with Crippen LogP contribution in [-0.2, 0) is 13.5 Å². The molecule has 0 radical (unpaired) electrons. The van der Waals surface area contributed by atoms with Crippen molar-refractivity contribution in [3.05, 3.63) is 35.5 Å². The van der Waals surface area contributed by atoms with Crippen molar-refractivity contribution in [3.63, 3.8) is 0 Å². The van der Waals surface area contributed by atoms with Crippen molar-refractivity contribution in [2.45, 2.75) is 6.42 Å². The summed E-state index contributed by atoms with van der Waals surface area (Å²) in [6, 6.07) is 3.61. The van der Waals surface area contributed by atoms with Crippen LogP contribution in [0, 0.1) is 0 Å². The molecule has 0 amide bonds. The number of hydrogen-bond donors (Lipinski definition) is 1. The molecule has 3 aromatic heterocycles. The minimum atomic E-state index is 0.568. The number of aromatic nitrogens is 6. The number of pyridine rings is 1. The molecule has 0 saturated carbocycles. The average Bonchev–Trinajstić information content (AvgIpc) is 2.95. The number of fused-ring (bicyclic) bond motifs is 1. The van der Waals surface area contributed by atoms with Gasteiger partial charge in [-0.2, -0.15) is 10.1 Å². The van der Waals surface area contributed by atoms with Crippen LogP contribution < -0.4 is 5.32 Å². The van der Waals surface area contributed by atoms with E-state index in [1.807, 2.05) is 13.1 Å². The van der Waals surface area contributed by atoms with E-state index in [0.29, 0.717) is 17.5 Å². The Morgan fingerprint density at radius 2 is 2.21 bits per heavy atom. The molecule has 98 valence electrons. The molecule has 0 saturated heterocycles. The summed E-state index contributed by atoms with van der Waals surface area (Å²) in [5.74, 6) is 1.36. The van der Waals surface area contributed by atoms with Crippen LogP contribution in [0.15, 0.2) is 24.7 Å². The first-order chi connectivity index (χ1) is 9.20. The van der Waals surface area contributed by atoms with E-state index in [0.717, 1.165) is 17.9 Å². The van der Waals surface area contributed by atoms with Crippen LogP contribution in [0.3, 0.4) is 0 Å². The molecule has 0 fully saturated rings. The number of rotatable bonds is 4. The van der Waals surface area contributed by atoms with Crippen molar-refractivity contribution in [1.82, 2.24) is 29.4 Å². The Balaban J connectivity index is 1.65. The highest BCUT2D eigenvalue weighted by Crippen LogP contribution is 2.11. The van der Waals surface area contributed by atoms with Crippen LogP contribution >= 0.6 is 11.6 Å².